The summed E-state index contributed by atoms with van der Waals surface area (Å²) in [6.45, 7) is 3.48. The number of fused-ring (bicyclic) bond motifs is 1. The maximum absolute atomic E-state index is 12.0. The van der Waals surface area contributed by atoms with Crippen molar-refractivity contribution in [3.63, 3.8) is 0 Å². The summed E-state index contributed by atoms with van der Waals surface area (Å²) in [5, 5.41) is 9.23. The van der Waals surface area contributed by atoms with Crippen molar-refractivity contribution in [3.05, 3.63) is 35.4 Å². The highest BCUT2D eigenvalue weighted by Gasteiger charge is 2.32. The molecule has 1 aliphatic heterocycles. The normalized spacial score (nSPS) is 15.4. The third-order valence-electron chi connectivity index (χ3n) is 3.56. The van der Waals surface area contributed by atoms with E-state index in [2.05, 4.69) is 0 Å². The second kappa shape index (κ2) is 5.18. The average Bonchev–Trinajstić information content (AvgIpc) is 2.36. The van der Waals surface area contributed by atoms with E-state index in [-0.39, 0.29) is 6.54 Å². The monoisotopic (exact) mass is 309 g/mol. The highest BCUT2D eigenvalue weighted by Crippen LogP contribution is 2.35. The van der Waals surface area contributed by atoms with Gasteiger partial charge in [-0.1, -0.05) is 24.3 Å². The molecule has 0 fully saturated rings. The van der Waals surface area contributed by atoms with Gasteiger partial charge in [0.15, 0.2) is 0 Å². The largest absolute Gasteiger partial charge is 0.481 e. The quantitative estimate of drug-likeness (QED) is 0.926. The number of rotatable bonds is 4. The molecule has 2 rings (SSSR count). The van der Waals surface area contributed by atoms with Gasteiger partial charge in [0.05, 0.1) is 23.9 Å². The number of carboxylic acid groups (broad SMARTS) is 1. The lowest BCUT2D eigenvalue weighted by Crippen LogP contribution is -2.36. The van der Waals surface area contributed by atoms with Crippen LogP contribution in [-0.4, -0.2) is 32.3 Å². The van der Waals surface area contributed by atoms with E-state index in [1.807, 2.05) is 18.2 Å². The van der Waals surface area contributed by atoms with E-state index in [4.69, 9.17) is 0 Å². The molecule has 0 aromatic heterocycles. The predicted molar refractivity (Wildman–Crippen MR) is 82.6 cm³/mol. The predicted octanol–water partition coefficient (Wildman–Crippen LogP) is 2.35. The van der Waals surface area contributed by atoms with E-state index in [9.17, 15) is 18.3 Å². The van der Waals surface area contributed by atoms with Crippen LogP contribution in [0.3, 0.4) is 0 Å². The molecule has 21 heavy (non-hydrogen) atoms. The van der Waals surface area contributed by atoms with Gasteiger partial charge in [-0.15, -0.1) is 0 Å². The molecule has 0 spiro atoms. The molecule has 0 saturated carbocycles. The van der Waals surface area contributed by atoms with Crippen LogP contribution in [0.4, 0.5) is 5.69 Å². The number of sulfonamides is 1. The smallest absolute Gasteiger partial charge is 0.309 e. The number of benzene rings is 1. The molecule has 0 radical (unpaired) electrons. The molecular weight excluding hydrogens is 290 g/mol. The van der Waals surface area contributed by atoms with Crippen molar-refractivity contribution in [3.8, 4) is 0 Å². The van der Waals surface area contributed by atoms with Gasteiger partial charge in [-0.2, -0.15) is 0 Å². The van der Waals surface area contributed by atoms with Crippen molar-refractivity contribution >= 4 is 27.8 Å². The number of nitrogens with zero attached hydrogens (tertiary/aromatic N) is 1. The van der Waals surface area contributed by atoms with Gasteiger partial charge in [-0.05, 0) is 37.5 Å². The van der Waals surface area contributed by atoms with Crippen molar-refractivity contribution in [2.24, 2.45) is 5.41 Å². The molecule has 0 saturated heterocycles. The first-order valence-corrected chi connectivity index (χ1v) is 8.46. The van der Waals surface area contributed by atoms with Gasteiger partial charge in [0.1, 0.15) is 0 Å². The van der Waals surface area contributed by atoms with Crippen molar-refractivity contribution < 1.29 is 18.3 Å². The van der Waals surface area contributed by atoms with E-state index in [1.165, 1.54) is 4.31 Å². The fraction of sp³-hybridized carbons (Fsp3) is 0.400. The van der Waals surface area contributed by atoms with Crippen molar-refractivity contribution in [1.82, 2.24) is 0 Å². The van der Waals surface area contributed by atoms with Crippen LogP contribution in [0.25, 0.3) is 6.08 Å². The van der Waals surface area contributed by atoms with Gasteiger partial charge in [0.2, 0.25) is 10.0 Å². The fourth-order valence-corrected chi connectivity index (χ4v) is 3.34. The van der Waals surface area contributed by atoms with Crippen molar-refractivity contribution in [2.45, 2.75) is 20.3 Å². The Kier molecular flexibility index (Phi) is 3.84. The molecule has 0 amide bonds. The summed E-state index contributed by atoms with van der Waals surface area (Å²) in [6, 6.07) is 7.21. The molecule has 0 aliphatic carbocycles. The third kappa shape index (κ3) is 3.26. The SMILES string of the molecule is CC(C)(CC1=Cc2ccccc2N(S(C)(=O)=O)C1)C(=O)O. The lowest BCUT2D eigenvalue weighted by molar-refractivity contribution is -0.146. The number of anilines is 1. The Bertz CT molecular complexity index is 704. The summed E-state index contributed by atoms with van der Waals surface area (Å²) >= 11 is 0. The summed E-state index contributed by atoms with van der Waals surface area (Å²) in [6.07, 6.45) is 3.36. The molecule has 1 N–H and O–H groups in total. The zero-order valence-corrected chi connectivity index (χ0v) is 13.1. The van der Waals surface area contributed by atoms with E-state index in [0.717, 1.165) is 17.4 Å². The summed E-state index contributed by atoms with van der Waals surface area (Å²) in [5.41, 5.74) is 1.30. The van der Waals surface area contributed by atoms with Crippen LogP contribution in [0.2, 0.25) is 0 Å². The Morgan fingerprint density at radius 2 is 1.95 bits per heavy atom. The fourth-order valence-electron chi connectivity index (χ4n) is 2.42. The number of hydrogen-bond acceptors (Lipinski definition) is 3. The molecule has 0 bridgehead atoms. The zero-order chi connectivity index (χ0) is 15.8. The molecule has 114 valence electrons. The molecule has 1 heterocycles. The van der Waals surface area contributed by atoms with Gasteiger partial charge in [0, 0.05) is 0 Å². The van der Waals surface area contributed by atoms with E-state index < -0.39 is 21.4 Å². The van der Waals surface area contributed by atoms with Crippen LogP contribution in [0.5, 0.6) is 0 Å². The van der Waals surface area contributed by atoms with Crippen LogP contribution < -0.4 is 4.31 Å². The van der Waals surface area contributed by atoms with Crippen molar-refractivity contribution in [1.29, 1.82) is 0 Å². The Labute approximate surface area is 124 Å². The summed E-state index contributed by atoms with van der Waals surface area (Å²) in [5.74, 6) is -0.895. The Morgan fingerprint density at radius 1 is 1.33 bits per heavy atom. The van der Waals surface area contributed by atoms with Crippen LogP contribution in [0, 0.1) is 5.41 Å². The van der Waals surface area contributed by atoms with Gasteiger partial charge in [-0.3, -0.25) is 9.10 Å². The van der Waals surface area contributed by atoms with Gasteiger partial charge in [-0.25, -0.2) is 8.42 Å². The zero-order valence-electron chi connectivity index (χ0n) is 12.3. The first-order valence-electron chi connectivity index (χ1n) is 6.61. The molecule has 1 aromatic rings. The summed E-state index contributed by atoms with van der Waals surface area (Å²) < 4.78 is 25.3. The second-order valence-electron chi connectivity index (χ2n) is 6.00. The van der Waals surface area contributed by atoms with Crippen LogP contribution in [0.1, 0.15) is 25.8 Å². The Morgan fingerprint density at radius 3 is 2.52 bits per heavy atom. The van der Waals surface area contributed by atoms with Crippen molar-refractivity contribution in [2.75, 3.05) is 17.1 Å². The number of carboxylic acids is 1. The number of para-hydroxylation sites is 1. The maximum atomic E-state index is 12.0. The molecule has 1 aromatic carbocycles. The van der Waals surface area contributed by atoms with Crippen LogP contribution >= 0.6 is 0 Å². The van der Waals surface area contributed by atoms with Gasteiger partial charge >= 0.3 is 5.97 Å². The minimum absolute atomic E-state index is 0.201. The van der Waals surface area contributed by atoms with E-state index in [0.29, 0.717) is 12.1 Å². The number of aliphatic carboxylic acids is 1. The standard InChI is InChI=1S/C15H19NO4S/c1-15(2,14(17)18)9-11-8-12-6-4-5-7-13(12)16(10-11)21(3,19)20/h4-8H,9-10H2,1-3H3,(H,17,18). The molecule has 0 unspecified atom stereocenters. The highest BCUT2D eigenvalue weighted by molar-refractivity contribution is 7.92. The lowest BCUT2D eigenvalue weighted by Gasteiger charge is -2.31. The number of hydrogen-bond donors (Lipinski definition) is 1. The summed E-state index contributed by atoms with van der Waals surface area (Å²) in [7, 11) is -3.40. The maximum Gasteiger partial charge on any atom is 0.309 e. The molecular formula is C15H19NO4S. The second-order valence-corrected chi connectivity index (χ2v) is 7.90. The molecule has 5 nitrogen and oxygen atoms in total. The summed E-state index contributed by atoms with van der Waals surface area (Å²) in [4.78, 5) is 11.3. The average molecular weight is 309 g/mol. The topological polar surface area (TPSA) is 74.7 Å². The van der Waals surface area contributed by atoms with Gasteiger partial charge in [0.25, 0.3) is 0 Å². The van der Waals surface area contributed by atoms with Crippen LogP contribution in [0.15, 0.2) is 29.8 Å². The molecule has 1 aliphatic rings. The first-order chi connectivity index (χ1) is 9.61. The minimum atomic E-state index is -3.40. The first kappa shape index (κ1) is 15.6. The Hall–Kier alpha value is -1.82. The van der Waals surface area contributed by atoms with Crippen LogP contribution in [-0.2, 0) is 14.8 Å². The Balaban J connectivity index is 2.44. The highest BCUT2D eigenvalue weighted by atomic mass is 32.2. The molecule has 0 atom stereocenters. The van der Waals surface area contributed by atoms with E-state index >= 15 is 0 Å². The molecule has 6 heteroatoms. The lowest BCUT2D eigenvalue weighted by atomic mass is 9.84. The van der Waals surface area contributed by atoms with E-state index in [1.54, 1.807) is 26.0 Å². The third-order valence-corrected chi connectivity index (χ3v) is 4.69. The van der Waals surface area contributed by atoms with Gasteiger partial charge < -0.3 is 5.11 Å². The number of carbonyl (C=O) groups is 1. The minimum Gasteiger partial charge on any atom is -0.481 e.